The third-order valence-electron chi connectivity index (χ3n) is 2.97. The average molecular weight is 356 g/mol. The number of nitrogens with one attached hydrogen (secondary N) is 1. The second kappa shape index (κ2) is 7.62. The van der Waals surface area contributed by atoms with Crippen LogP contribution < -0.4 is 15.4 Å². The van der Waals surface area contributed by atoms with Crippen molar-refractivity contribution >= 4 is 30.4 Å². The number of carbonyl (C=O) groups is 1. The molecule has 122 valence electrons. The van der Waals surface area contributed by atoms with Gasteiger partial charge < -0.3 is 19.8 Å². The van der Waals surface area contributed by atoms with Gasteiger partial charge in [-0.1, -0.05) is 41.9 Å². The van der Waals surface area contributed by atoms with Gasteiger partial charge in [0.05, 0.1) is 0 Å². The molecule has 0 atom stereocenters. The molecule has 0 aliphatic heterocycles. The van der Waals surface area contributed by atoms with Crippen LogP contribution in [0.15, 0.2) is 48.5 Å². The number of carbonyl (C=O) groups excluding carboxylic acids is 1. The molecule has 0 fully saturated rings. The Labute approximate surface area is 138 Å². The first-order valence-electron chi connectivity index (χ1n) is 6.66. The zero-order valence-corrected chi connectivity index (χ0v) is 13.6. The number of hydrogen-bond acceptors (Lipinski definition) is 3. The molecule has 0 aliphatic rings. The van der Waals surface area contributed by atoms with Gasteiger partial charge in [0.25, 0.3) is 5.91 Å². The van der Waals surface area contributed by atoms with Crippen molar-refractivity contribution in [3.8, 4) is 5.75 Å². The Morgan fingerprint density at radius 1 is 1.13 bits per heavy atom. The topological polar surface area (TPSA) is 95.9 Å². The number of rotatable bonds is 6. The standard InChI is InChI=1S/C15H15ClNO5P/c16-12-6-2-1-5-11(12)9-17-15(18)10-22-13-7-3-4-8-14(13)23(19,20)21/h1-8H,9-10H2,(H,17,18)(H2,19,20,21). The summed E-state index contributed by atoms with van der Waals surface area (Å²) < 4.78 is 16.6. The molecule has 3 N–H and O–H groups in total. The predicted octanol–water partition coefficient (Wildman–Crippen LogP) is 1.84. The van der Waals surface area contributed by atoms with E-state index in [9.17, 15) is 19.1 Å². The van der Waals surface area contributed by atoms with Gasteiger partial charge >= 0.3 is 7.60 Å². The summed E-state index contributed by atoms with van der Waals surface area (Å²) in [6.07, 6.45) is 0. The van der Waals surface area contributed by atoms with Gasteiger partial charge in [0.1, 0.15) is 11.1 Å². The third kappa shape index (κ3) is 5.08. The zero-order chi connectivity index (χ0) is 16.9. The lowest BCUT2D eigenvalue weighted by atomic mass is 10.2. The van der Waals surface area contributed by atoms with E-state index < -0.39 is 13.5 Å². The van der Waals surface area contributed by atoms with E-state index in [0.717, 1.165) is 5.56 Å². The number of para-hydroxylation sites is 1. The molecule has 0 aliphatic carbocycles. The molecule has 0 unspecified atom stereocenters. The van der Waals surface area contributed by atoms with E-state index in [1.165, 1.54) is 18.2 Å². The molecule has 0 heterocycles. The first-order chi connectivity index (χ1) is 10.9. The van der Waals surface area contributed by atoms with Crippen LogP contribution in [0.2, 0.25) is 5.02 Å². The van der Waals surface area contributed by atoms with Crippen LogP contribution >= 0.6 is 19.2 Å². The predicted molar refractivity (Wildman–Crippen MR) is 86.9 cm³/mol. The van der Waals surface area contributed by atoms with E-state index in [1.807, 2.05) is 0 Å². The normalized spacial score (nSPS) is 11.1. The van der Waals surface area contributed by atoms with Crippen molar-refractivity contribution in [2.75, 3.05) is 6.61 Å². The Hall–Kier alpha value is -1.85. The highest BCUT2D eigenvalue weighted by Gasteiger charge is 2.22. The van der Waals surface area contributed by atoms with Gasteiger partial charge in [-0.2, -0.15) is 0 Å². The summed E-state index contributed by atoms with van der Waals surface area (Å²) in [5, 5.41) is 2.92. The van der Waals surface area contributed by atoms with E-state index in [1.54, 1.807) is 30.3 Å². The monoisotopic (exact) mass is 355 g/mol. The molecule has 2 aromatic carbocycles. The Bertz CT molecular complexity index is 746. The van der Waals surface area contributed by atoms with Gasteiger partial charge in [-0.05, 0) is 23.8 Å². The van der Waals surface area contributed by atoms with Gasteiger partial charge in [-0.15, -0.1) is 0 Å². The Morgan fingerprint density at radius 3 is 2.48 bits per heavy atom. The summed E-state index contributed by atoms with van der Waals surface area (Å²) in [7, 11) is -4.46. The fraction of sp³-hybridized carbons (Fsp3) is 0.133. The molecule has 0 saturated carbocycles. The lowest BCUT2D eigenvalue weighted by Crippen LogP contribution is -2.29. The number of hydrogen-bond donors (Lipinski definition) is 3. The molecule has 6 nitrogen and oxygen atoms in total. The molecule has 0 radical (unpaired) electrons. The molecule has 0 spiro atoms. The van der Waals surface area contributed by atoms with Crippen LogP contribution in [0.5, 0.6) is 5.75 Å². The number of benzene rings is 2. The SMILES string of the molecule is O=C(COc1ccccc1P(=O)(O)O)NCc1ccccc1Cl. The van der Waals surface area contributed by atoms with E-state index in [4.69, 9.17) is 16.3 Å². The van der Waals surface area contributed by atoms with Gasteiger partial charge in [-0.3, -0.25) is 9.36 Å². The first-order valence-corrected chi connectivity index (χ1v) is 8.65. The maximum absolute atomic E-state index is 11.8. The summed E-state index contributed by atoms with van der Waals surface area (Å²) in [6.45, 7) is -0.122. The van der Waals surface area contributed by atoms with Crippen molar-refractivity contribution in [3.63, 3.8) is 0 Å². The molecule has 0 bridgehead atoms. The van der Waals surface area contributed by atoms with Crippen molar-refractivity contribution in [2.24, 2.45) is 0 Å². The minimum atomic E-state index is -4.46. The highest BCUT2D eigenvalue weighted by Crippen LogP contribution is 2.37. The molecule has 2 aromatic rings. The third-order valence-corrected chi connectivity index (χ3v) is 4.34. The largest absolute Gasteiger partial charge is 0.483 e. The van der Waals surface area contributed by atoms with E-state index in [-0.39, 0.29) is 24.2 Å². The van der Waals surface area contributed by atoms with Crippen molar-refractivity contribution in [2.45, 2.75) is 6.54 Å². The van der Waals surface area contributed by atoms with Crippen molar-refractivity contribution in [1.82, 2.24) is 5.32 Å². The summed E-state index contributed by atoms with van der Waals surface area (Å²) in [5.41, 5.74) is 0.762. The second-order valence-corrected chi connectivity index (χ2v) is 6.65. The fourth-order valence-corrected chi connectivity index (χ4v) is 2.76. The van der Waals surface area contributed by atoms with Gasteiger partial charge in [0.15, 0.2) is 6.61 Å². The van der Waals surface area contributed by atoms with Crippen LogP contribution in [-0.2, 0) is 15.9 Å². The van der Waals surface area contributed by atoms with Crippen LogP contribution in [0.3, 0.4) is 0 Å². The maximum atomic E-state index is 11.8. The highest BCUT2D eigenvalue weighted by molar-refractivity contribution is 7.60. The Morgan fingerprint density at radius 2 is 1.78 bits per heavy atom. The minimum Gasteiger partial charge on any atom is -0.483 e. The Balaban J connectivity index is 1.93. The lowest BCUT2D eigenvalue weighted by molar-refractivity contribution is -0.123. The quantitative estimate of drug-likeness (QED) is 0.687. The minimum absolute atomic E-state index is 0.0197. The average Bonchev–Trinajstić information content (AvgIpc) is 2.51. The van der Waals surface area contributed by atoms with Crippen LogP contribution in [0.1, 0.15) is 5.56 Å². The van der Waals surface area contributed by atoms with E-state index >= 15 is 0 Å². The summed E-state index contributed by atoms with van der Waals surface area (Å²) in [5.74, 6) is -0.445. The van der Waals surface area contributed by atoms with Crippen molar-refractivity contribution < 1.29 is 23.9 Å². The molecule has 1 amide bonds. The van der Waals surface area contributed by atoms with Gasteiger partial charge in [-0.25, -0.2) is 0 Å². The summed E-state index contributed by atoms with van der Waals surface area (Å²) in [6, 6.07) is 12.8. The van der Waals surface area contributed by atoms with Crippen LogP contribution in [0, 0.1) is 0 Å². The highest BCUT2D eigenvalue weighted by atomic mass is 35.5. The molecule has 8 heteroatoms. The van der Waals surface area contributed by atoms with Crippen molar-refractivity contribution in [3.05, 3.63) is 59.1 Å². The number of ether oxygens (including phenoxy) is 1. The van der Waals surface area contributed by atoms with E-state index in [0.29, 0.717) is 5.02 Å². The van der Waals surface area contributed by atoms with Gasteiger partial charge in [0.2, 0.25) is 0 Å². The molecular weight excluding hydrogens is 341 g/mol. The molecule has 0 aromatic heterocycles. The Kier molecular flexibility index (Phi) is 5.80. The first kappa shape index (κ1) is 17.5. The smallest absolute Gasteiger partial charge is 0.359 e. The van der Waals surface area contributed by atoms with Crippen LogP contribution in [0.4, 0.5) is 0 Å². The van der Waals surface area contributed by atoms with E-state index in [2.05, 4.69) is 5.32 Å². The second-order valence-electron chi connectivity index (χ2n) is 4.67. The van der Waals surface area contributed by atoms with Gasteiger partial charge in [0, 0.05) is 11.6 Å². The summed E-state index contributed by atoms with van der Waals surface area (Å²) >= 11 is 5.98. The van der Waals surface area contributed by atoms with Crippen molar-refractivity contribution in [1.29, 1.82) is 0 Å². The van der Waals surface area contributed by atoms with Crippen LogP contribution in [0.25, 0.3) is 0 Å². The number of amides is 1. The zero-order valence-electron chi connectivity index (χ0n) is 12.0. The molecule has 0 saturated heterocycles. The van der Waals surface area contributed by atoms with Crippen LogP contribution in [-0.4, -0.2) is 22.3 Å². The lowest BCUT2D eigenvalue weighted by Gasteiger charge is -2.12. The maximum Gasteiger partial charge on any atom is 0.359 e. The summed E-state index contributed by atoms with van der Waals surface area (Å²) in [4.78, 5) is 30.3. The molecular formula is C15H15ClNO5P. The molecule has 2 rings (SSSR count). The number of halogens is 1. The fourth-order valence-electron chi connectivity index (χ4n) is 1.85. The molecule has 23 heavy (non-hydrogen) atoms.